The highest BCUT2D eigenvalue weighted by molar-refractivity contribution is 7.15. The lowest BCUT2D eigenvalue weighted by Crippen LogP contribution is -2.39. The molecule has 2 N–H and O–H groups in total. The molecule has 32 heavy (non-hydrogen) atoms. The van der Waals surface area contributed by atoms with Crippen molar-refractivity contribution in [1.29, 1.82) is 0 Å². The number of aryl methyl sites for hydroxylation is 1. The van der Waals surface area contributed by atoms with E-state index in [2.05, 4.69) is 44.4 Å². The number of nitrogens with zero attached hydrogens (tertiary/aromatic N) is 4. The van der Waals surface area contributed by atoms with Gasteiger partial charge in [-0.15, -0.1) is 11.3 Å². The number of anilines is 2. The first-order valence-corrected chi connectivity index (χ1v) is 11.7. The van der Waals surface area contributed by atoms with E-state index in [9.17, 15) is 9.59 Å². The Balaban J connectivity index is 1.42. The third kappa shape index (κ3) is 3.80. The van der Waals surface area contributed by atoms with Gasteiger partial charge >= 0.3 is 0 Å². The van der Waals surface area contributed by atoms with Crippen LogP contribution in [0.15, 0.2) is 52.8 Å². The fourth-order valence-electron chi connectivity index (χ4n) is 4.28. The SMILES string of the molecule is CCc1ccccc1Nc1nc([C@@H]2CCCN(C(=O)c3ccc(=O)[nH]n3)C2)c2sccn12. The van der Waals surface area contributed by atoms with E-state index < -0.39 is 0 Å². The van der Waals surface area contributed by atoms with Crippen LogP contribution in [0.3, 0.4) is 0 Å². The molecule has 164 valence electrons. The maximum Gasteiger partial charge on any atom is 0.274 e. The third-order valence-electron chi connectivity index (χ3n) is 5.92. The quantitative estimate of drug-likeness (QED) is 0.484. The Labute approximate surface area is 188 Å². The van der Waals surface area contributed by atoms with Crippen LogP contribution in [0.25, 0.3) is 4.83 Å². The van der Waals surface area contributed by atoms with Crippen LogP contribution < -0.4 is 10.9 Å². The molecule has 4 heterocycles. The Hall–Kier alpha value is -3.46. The first-order chi connectivity index (χ1) is 15.6. The van der Waals surface area contributed by atoms with E-state index >= 15 is 0 Å². The van der Waals surface area contributed by atoms with E-state index in [1.807, 2.05) is 23.2 Å². The number of imidazole rings is 1. The number of aromatic nitrogens is 4. The number of carbonyl (C=O) groups is 1. The summed E-state index contributed by atoms with van der Waals surface area (Å²) >= 11 is 1.66. The monoisotopic (exact) mass is 448 g/mol. The summed E-state index contributed by atoms with van der Waals surface area (Å²) in [6.07, 6.45) is 4.83. The van der Waals surface area contributed by atoms with Crippen molar-refractivity contribution in [2.75, 3.05) is 18.4 Å². The largest absolute Gasteiger partial charge is 0.337 e. The van der Waals surface area contributed by atoms with Gasteiger partial charge in [0.1, 0.15) is 10.5 Å². The van der Waals surface area contributed by atoms with Gasteiger partial charge in [-0.3, -0.25) is 14.0 Å². The van der Waals surface area contributed by atoms with E-state index in [1.54, 1.807) is 11.3 Å². The van der Waals surface area contributed by atoms with Crippen LogP contribution in [-0.4, -0.2) is 43.5 Å². The molecule has 1 amide bonds. The van der Waals surface area contributed by atoms with Crippen LogP contribution >= 0.6 is 11.3 Å². The first-order valence-electron chi connectivity index (χ1n) is 10.8. The molecule has 9 heteroatoms. The minimum Gasteiger partial charge on any atom is -0.337 e. The molecular formula is C23H24N6O2S. The van der Waals surface area contributed by atoms with Crippen LogP contribution in [-0.2, 0) is 6.42 Å². The first kappa shape index (κ1) is 20.4. The highest BCUT2D eigenvalue weighted by Gasteiger charge is 2.30. The van der Waals surface area contributed by atoms with Crippen molar-refractivity contribution < 1.29 is 4.79 Å². The maximum atomic E-state index is 12.9. The van der Waals surface area contributed by atoms with Crippen LogP contribution in [0.4, 0.5) is 11.6 Å². The molecule has 4 aromatic rings. The summed E-state index contributed by atoms with van der Waals surface area (Å²) in [6, 6.07) is 11.1. The second kappa shape index (κ2) is 8.58. The zero-order valence-electron chi connectivity index (χ0n) is 17.7. The Bertz CT molecular complexity index is 1300. The number of nitrogens with one attached hydrogen (secondary N) is 2. The summed E-state index contributed by atoms with van der Waals surface area (Å²) in [5.74, 6) is 0.770. The number of likely N-dealkylation sites (tertiary alicyclic amines) is 1. The molecule has 0 bridgehead atoms. The smallest absolute Gasteiger partial charge is 0.274 e. The summed E-state index contributed by atoms with van der Waals surface area (Å²) in [6.45, 7) is 3.39. The van der Waals surface area contributed by atoms with Crippen molar-refractivity contribution in [2.45, 2.75) is 32.1 Å². The standard InChI is InChI=1S/C23H24N6O2S/c1-2-15-6-3-4-8-17(15)24-23-25-20(22-29(23)12-13-32-22)16-7-5-11-28(14-16)21(31)18-9-10-19(30)27-26-18/h3-4,6,8-10,12-13,16H,2,5,7,11,14H2,1H3,(H,24,25)(H,27,30)/t16-/m1/s1. The molecule has 0 radical (unpaired) electrons. The molecule has 0 aliphatic carbocycles. The molecule has 1 saturated heterocycles. The Morgan fingerprint density at radius 1 is 1.28 bits per heavy atom. The van der Waals surface area contributed by atoms with Crippen molar-refractivity contribution in [3.8, 4) is 0 Å². The second-order valence-corrected chi connectivity index (χ2v) is 8.83. The molecule has 1 fully saturated rings. The van der Waals surface area contributed by atoms with Crippen LogP contribution in [0.2, 0.25) is 0 Å². The molecule has 1 aromatic carbocycles. The van der Waals surface area contributed by atoms with E-state index in [4.69, 9.17) is 4.98 Å². The molecule has 3 aromatic heterocycles. The molecule has 8 nitrogen and oxygen atoms in total. The van der Waals surface area contributed by atoms with Gasteiger partial charge in [-0.25, -0.2) is 10.1 Å². The van der Waals surface area contributed by atoms with E-state index in [0.717, 1.165) is 41.4 Å². The van der Waals surface area contributed by atoms with Gasteiger partial charge in [0.05, 0.1) is 5.69 Å². The average Bonchev–Trinajstić information content (AvgIpc) is 3.43. The lowest BCUT2D eigenvalue weighted by molar-refractivity contribution is 0.0699. The number of fused-ring (bicyclic) bond motifs is 1. The minimum absolute atomic E-state index is 0.140. The highest BCUT2D eigenvalue weighted by Crippen LogP contribution is 2.34. The summed E-state index contributed by atoms with van der Waals surface area (Å²) in [4.78, 5) is 32.1. The van der Waals surface area contributed by atoms with Gasteiger partial charge in [-0.1, -0.05) is 25.1 Å². The molecule has 0 unspecified atom stereocenters. The molecular weight excluding hydrogens is 424 g/mol. The number of thiazole rings is 1. The molecule has 5 rings (SSSR count). The van der Waals surface area contributed by atoms with Gasteiger partial charge in [-0.2, -0.15) is 5.10 Å². The third-order valence-corrected chi connectivity index (χ3v) is 6.81. The second-order valence-electron chi connectivity index (χ2n) is 7.93. The van der Waals surface area contributed by atoms with E-state index in [0.29, 0.717) is 13.1 Å². The Morgan fingerprint density at radius 2 is 2.16 bits per heavy atom. The van der Waals surface area contributed by atoms with E-state index in [1.165, 1.54) is 17.7 Å². The number of rotatable bonds is 5. The number of hydrogen-bond donors (Lipinski definition) is 2. The summed E-state index contributed by atoms with van der Waals surface area (Å²) in [7, 11) is 0. The van der Waals surface area contributed by atoms with Crippen molar-refractivity contribution in [1.82, 2.24) is 24.5 Å². The Morgan fingerprint density at radius 3 is 2.97 bits per heavy atom. The van der Waals surface area contributed by atoms with E-state index in [-0.39, 0.29) is 23.1 Å². The molecule has 0 spiro atoms. The number of H-pyrrole nitrogens is 1. The number of aromatic amines is 1. The molecule has 1 aliphatic rings. The van der Waals surface area contributed by atoms with Crippen LogP contribution in [0, 0.1) is 0 Å². The zero-order chi connectivity index (χ0) is 22.1. The summed E-state index contributed by atoms with van der Waals surface area (Å²) in [5, 5.41) is 11.8. The number of para-hydroxylation sites is 1. The van der Waals surface area contributed by atoms with Gasteiger partial charge in [0.2, 0.25) is 5.95 Å². The Kier molecular flexibility index (Phi) is 5.48. The number of amides is 1. The lowest BCUT2D eigenvalue weighted by atomic mass is 9.95. The van der Waals surface area contributed by atoms with Crippen molar-refractivity contribution in [3.05, 3.63) is 75.3 Å². The predicted molar refractivity (Wildman–Crippen MR) is 125 cm³/mol. The van der Waals surface area contributed by atoms with Crippen LogP contribution in [0.1, 0.15) is 47.4 Å². The van der Waals surface area contributed by atoms with Gasteiger partial charge < -0.3 is 10.2 Å². The molecule has 0 saturated carbocycles. The fourth-order valence-corrected chi connectivity index (χ4v) is 5.19. The summed E-state index contributed by atoms with van der Waals surface area (Å²) in [5.41, 5.74) is 3.26. The zero-order valence-corrected chi connectivity index (χ0v) is 18.6. The van der Waals surface area contributed by atoms with Crippen molar-refractivity contribution in [2.24, 2.45) is 0 Å². The normalized spacial score (nSPS) is 16.4. The number of piperidine rings is 1. The van der Waals surface area contributed by atoms with Gasteiger partial charge in [0.25, 0.3) is 11.5 Å². The highest BCUT2D eigenvalue weighted by atomic mass is 32.1. The van der Waals surface area contributed by atoms with Gasteiger partial charge in [0, 0.05) is 42.3 Å². The lowest BCUT2D eigenvalue weighted by Gasteiger charge is -2.31. The van der Waals surface area contributed by atoms with Gasteiger partial charge in [0.15, 0.2) is 0 Å². The minimum atomic E-state index is -0.319. The maximum absolute atomic E-state index is 12.9. The van der Waals surface area contributed by atoms with Gasteiger partial charge in [-0.05, 0) is 37.0 Å². The molecule has 1 atom stereocenters. The predicted octanol–water partition coefficient (Wildman–Crippen LogP) is 3.80. The number of benzene rings is 1. The molecule has 1 aliphatic heterocycles. The van der Waals surface area contributed by atoms with Crippen molar-refractivity contribution in [3.63, 3.8) is 0 Å². The average molecular weight is 449 g/mol. The fraction of sp³-hybridized carbons (Fsp3) is 0.304. The topological polar surface area (TPSA) is 95.4 Å². The summed E-state index contributed by atoms with van der Waals surface area (Å²) < 4.78 is 2.09. The van der Waals surface area contributed by atoms with Crippen LogP contribution in [0.5, 0.6) is 0 Å². The van der Waals surface area contributed by atoms with Crippen molar-refractivity contribution >= 4 is 33.7 Å². The number of hydrogen-bond acceptors (Lipinski definition) is 6. The number of carbonyl (C=O) groups excluding carboxylic acids is 1.